The molecule has 0 aliphatic rings. The van der Waals surface area contributed by atoms with Crippen LogP contribution >= 0.6 is 0 Å². The quantitative estimate of drug-likeness (QED) is 0.657. The van der Waals surface area contributed by atoms with Crippen LogP contribution in [0.4, 0.5) is 28.9 Å². The monoisotopic (exact) mass is 284 g/mol. The average Bonchev–Trinajstić information content (AvgIpc) is 2.39. The molecule has 0 radical (unpaired) electrons. The van der Waals surface area contributed by atoms with Gasteiger partial charge in [0, 0.05) is 17.3 Å². The Hall–Kier alpha value is -2.57. The largest absolute Gasteiger partial charge is 0.394 e. The van der Waals surface area contributed by atoms with Gasteiger partial charge in [-0.05, 0) is 24.3 Å². The highest BCUT2D eigenvalue weighted by molar-refractivity contribution is 6.04. The molecule has 0 spiro atoms. The molecule has 2 aromatic rings. The number of benzene rings is 2. The maximum atomic E-state index is 13.2. The maximum Gasteiger partial charge on any atom is 0.255 e. The minimum absolute atomic E-state index is 0.0495. The molecule has 3 nitrogen and oxygen atoms in total. The highest BCUT2D eigenvalue weighted by Gasteiger charge is 2.14. The van der Waals surface area contributed by atoms with Gasteiger partial charge in [0.05, 0.1) is 0 Å². The minimum atomic E-state index is -1.16. The Bertz CT molecular complexity index is 665. The summed E-state index contributed by atoms with van der Waals surface area (Å²) < 4.78 is 52.1. The van der Waals surface area contributed by atoms with E-state index in [0.29, 0.717) is 0 Å². The summed E-state index contributed by atoms with van der Waals surface area (Å²) in [4.78, 5) is 11.7. The van der Waals surface area contributed by atoms with Gasteiger partial charge in [-0.15, -0.1) is 0 Å². The molecule has 0 bridgehead atoms. The third-order valence-electron chi connectivity index (χ3n) is 2.52. The first-order valence-electron chi connectivity index (χ1n) is 5.39. The lowest BCUT2D eigenvalue weighted by molar-refractivity contribution is 0.102. The molecular weight excluding hydrogens is 276 g/mol. The molecule has 0 heterocycles. The number of halogens is 4. The van der Waals surface area contributed by atoms with Gasteiger partial charge in [0.15, 0.2) is 11.6 Å². The van der Waals surface area contributed by atoms with E-state index in [1.165, 1.54) is 0 Å². The number of anilines is 2. The van der Waals surface area contributed by atoms with E-state index in [2.05, 4.69) is 5.32 Å². The molecule has 104 valence electrons. The molecule has 0 saturated carbocycles. The van der Waals surface area contributed by atoms with E-state index in [4.69, 9.17) is 5.73 Å². The number of nitrogen functional groups attached to an aromatic ring is 1. The normalized spacial score (nSPS) is 10.4. The van der Waals surface area contributed by atoms with Crippen molar-refractivity contribution in [1.29, 1.82) is 0 Å². The molecule has 0 fully saturated rings. The first kappa shape index (κ1) is 13.9. The fraction of sp³-hybridized carbons (Fsp3) is 0. The fourth-order valence-corrected chi connectivity index (χ4v) is 1.49. The van der Waals surface area contributed by atoms with E-state index in [-0.39, 0.29) is 11.3 Å². The lowest BCUT2D eigenvalue weighted by Gasteiger charge is -2.07. The van der Waals surface area contributed by atoms with Crippen molar-refractivity contribution >= 4 is 17.3 Å². The molecule has 0 unspecified atom stereocenters. The number of rotatable bonds is 2. The number of hydrogen-bond acceptors (Lipinski definition) is 2. The second-order valence-electron chi connectivity index (χ2n) is 3.94. The number of nitrogens with one attached hydrogen (secondary N) is 1. The highest BCUT2D eigenvalue weighted by Crippen LogP contribution is 2.19. The Morgan fingerprint density at radius 1 is 0.900 bits per heavy atom. The Labute approximate surface area is 111 Å². The van der Waals surface area contributed by atoms with Gasteiger partial charge in [0.2, 0.25) is 0 Å². The number of carbonyl (C=O) groups excluding carboxylic acids is 1. The molecule has 0 aromatic heterocycles. The van der Waals surface area contributed by atoms with E-state index >= 15 is 0 Å². The molecule has 2 rings (SSSR count). The van der Waals surface area contributed by atoms with Gasteiger partial charge >= 0.3 is 0 Å². The summed E-state index contributed by atoms with van der Waals surface area (Å²) in [7, 11) is 0. The Morgan fingerprint density at radius 3 is 2.05 bits per heavy atom. The first-order valence-corrected chi connectivity index (χ1v) is 5.39. The van der Waals surface area contributed by atoms with Crippen LogP contribution < -0.4 is 11.1 Å². The molecular formula is C13H8F4N2O. The first-order chi connectivity index (χ1) is 9.38. The molecule has 0 saturated heterocycles. The zero-order valence-corrected chi connectivity index (χ0v) is 9.88. The number of carbonyl (C=O) groups is 1. The molecule has 3 N–H and O–H groups in total. The van der Waals surface area contributed by atoms with Crippen LogP contribution in [0, 0.1) is 23.3 Å². The zero-order valence-electron chi connectivity index (χ0n) is 9.88. The number of nitrogens with two attached hydrogens (primary N) is 1. The lowest BCUT2D eigenvalue weighted by Crippen LogP contribution is -2.13. The van der Waals surface area contributed by atoms with Crippen molar-refractivity contribution in [3.8, 4) is 0 Å². The summed E-state index contributed by atoms with van der Waals surface area (Å²) >= 11 is 0. The predicted molar refractivity (Wildman–Crippen MR) is 65.1 cm³/mol. The number of hydrogen-bond donors (Lipinski definition) is 2. The van der Waals surface area contributed by atoms with Crippen molar-refractivity contribution < 1.29 is 22.4 Å². The second kappa shape index (κ2) is 5.20. The van der Waals surface area contributed by atoms with Crippen LogP contribution in [-0.2, 0) is 0 Å². The Morgan fingerprint density at radius 2 is 1.50 bits per heavy atom. The molecule has 2 aromatic carbocycles. The lowest BCUT2D eigenvalue weighted by atomic mass is 10.1. The summed E-state index contributed by atoms with van der Waals surface area (Å²) in [6.45, 7) is 0. The third-order valence-corrected chi connectivity index (χ3v) is 2.52. The second-order valence-corrected chi connectivity index (χ2v) is 3.94. The van der Waals surface area contributed by atoms with E-state index in [0.717, 1.165) is 30.3 Å². The van der Waals surface area contributed by atoms with E-state index < -0.39 is 34.9 Å². The summed E-state index contributed by atoms with van der Waals surface area (Å²) in [5.74, 6) is -5.28. The van der Waals surface area contributed by atoms with Gasteiger partial charge in [-0.2, -0.15) is 0 Å². The molecule has 0 aliphatic carbocycles. The van der Waals surface area contributed by atoms with Gasteiger partial charge < -0.3 is 11.1 Å². The highest BCUT2D eigenvalue weighted by atomic mass is 19.2. The van der Waals surface area contributed by atoms with E-state index in [9.17, 15) is 22.4 Å². The van der Waals surface area contributed by atoms with Crippen LogP contribution in [-0.4, -0.2) is 5.91 Å². The van der Waals surface area contributed by atoms with Gasteiger partial charge in [0.25, 0.3) is 5.91 Å². The minimum Gasteiger partial charge on any atom is -0.394 e. The van der Waals surface area contributed by atoms with Crippen molar-refractivity contribution in [1.82, 2.24) is 0 Å². The smallest absolute Gasteiger partial charge is 0.255 e. The Kier molecular flexibility index (Phi) is 3.60. The van der Waals surface area contributed by atoms with E-state index in [1.54, 1.807) is 0 Å². The SMILES string of the molecule is Nc1c(F)cc(C(=O)Nc2ccc(F)c(F)c2)cc1F. The van der Waals surface area contributed by atoms with Crippen LogP contribution in [0.2, 0.25) is 0 Å². The zero-order chi connectivity index (χ0) is 14.9. The summed E-state index contributed by atoms with van der Waals surface area (Å²) in [6.07, 6.45) is 0. The fourth-order valence-electron chi connectivity index (χ4n) is 1.49. The molecule has 1 amide bonds. The average molecular weight is 284 g/mol. The van der Waals surface area contributed by atoms with Crippen molar-refractivity contribution in [3.05, 3.63) is 59.2 Å². The van der Waals surface area contributed by atoms with E-state index in [1.807, 2.05) is 0 Å². The summed E-state index contributed by atoms with van der Waals surface area (Å²) in [5, 5.41) is 2.18. The topological polar surface area (TPSA) is 55.1 Å². The van der Waals surface area contributed by atoms with Crippen molar-refractivity contribution in [2.45, 2.75) is 0 Å². The van der Waals surface area contributed by atoms with Gasteiger partial charge in [-0.25, -0.2) is 17.6 Å². The van der Waals surface area contributed by atoms with Crippen LogP contribution in [0.15, 0.2) is 30.3 Å². The molecule has 0 aliphatic heterocycles. The molecule has 0 atom stereocenters. The van der Waals surface area contributed by atoms with Gasteiger partial charge in [-0.1, -0.05) is 0 Å². The maximum absolute atomic E-state index is 13.2. The summed E-state index contributed by atoms with van der Waals surface area (Å²) in [6, 6.07) is 4.16. The van der Waals surface area contributed by atoms with Gasteiger partial charge in [-0.3, -0.25) is 4.79 Å². The standard InChI is InChI=1S/C13H8F4N2O/c14-8-2-1-7(5-9(8)15)19-13(20)6-3-10(16)12(18)11(17)4-6/h1-5H,18H2,(H,19,20). The third kappa shape index (κ3) is 2.71. The molecule has 7 heteroatoms. The number of amides is 1. The summed E-state index contributed by atoms with van der Waals surface area (Å²) in [5.41, 5.74) is 3.98. The van der Waals surface area contributed by atoms with Crippen molar-refractivity contribution in [2.24, 2.45) is 0 Å². The van der Waals surface area contributed by atoms with Crippen LogP contribution in [0.1, 0.15) is 10.4 Å². The van der Waals surface area contributed by atoms with Gasteiger partial charge in [0.1, 0.15) is 17.3 Å². The van der Waals surface area contributed by atoms with Crippen molar-refractivity contribution in [3.63, 3.8) is 0 Å². The molecule has 20 heavy (non-hydrogen) atoms. The van der Waals surface area contributed by atoms with Crippen LogP contribution in [0.25, 0.3) is 0 Å². The Balaban J connectivity index is 2.26. The predicted octanol–water partition coefficient (Wildman–Crippen LogP) is 3.08. The van der Waals surface area contributed by atoms with Crippen LogP contribution in [0.3, 0.4) is 0 Å². The van der Waals surface area contributed by atoms with Crippen LogP contribution in [0.5, 0.6) is 0 Å². The van der Waals surface area contributed by atoms with Crippen molar-refractivity contribution in [2.75, 3.05) is 11.1 Å².